The number of nitrogens with zero attached hydrogens (tertiary/aromatic N) is 1. The third-order valence-electron chi connectivity index (χ3n) is 3.36. The number of amides is 1. The molecule has 3 nitrogen and oxygen atoms in total. The minimum absolute atomic E-state index is 0.0992. The van der Waals surface area contributed by atoms with Gasteiger partial charge in [-0.1, -0.05) is 48.0 Å². The summed E-state index contributed by atoms with van der Waals surface area (Å²) in [6.45, 7) is 4.05. The average molecular weight is 308 g/mol. The molecular weight excluding hydrogens is 292 g/mol. The minimum Gasteiger partial charge on any atom is -0.300 e. The molecule has 1 N–H and O–H groups in total. The number of hydrogen-bond acceptors (Lipinski definition) is 3. The van der Waals surface area contributed by atoms with Gasteiger partial charge in [-0.2, -0.15) is 0 Å². The molecule has 110 valence electrons. The van der Waals surface area contributed by atoms with Gasteiger partial charge in [-0.3, -0.25) is 4.79 Å². The number of aliphatic imine (C=N–C) groups is 1. The first-order valence-electron chi connectivity index (χ1n) is 7.04. The molecule has 3 rings (SSSR count). The van der Waals surface area contributed by atoms with E-state index in [0.717, 1.165) is 16.8 Å². The molecule has 0 aliphatic carbocycles. The zero-order chi connectivity index (χ0) is 15.5. The molecule has 0 bridgehead atoms. The second kappa shape index (κ2) is 6.20. The average Bonchev–Trinajstić information content (AvgIpc) is 2.84. The molecule has 1 amide bonds. The Morgan fingerprint density at radius 1 is 1.05 bits per heavy atom. The van der Waals surface area contributed by atoms with Crippen LogP contribution in [-0.4, -0.2) is 11.1 Å². The Labute approximate surface area is 134 Å². The second-order valence-electron chi connectivity index (χ2n) is 5.18. The van der Waals surface area contributed by atoms with Crippen LogP contribution in [0.5, 0.6) is 0 Å². The highest BCUT2D eigenvalue weighted by molar-refractivity contribution is 8.18. The summed E-state index contributed by atoms with van der Waals surface area (Å²) in [4.78, 5) is 17.2. The summed E-state index contributed by atoms with van der Waals surface area (Å²) in [7, 11) is 0. The topological polar surface area (TPSA) is 41.5 Å². The molecule has 0 atom stereocenters. The van der Waals surface area contributed by atoms with Crippen LogP contribution in [0.25, 0.3) is 6.08 Å². The van der Waals surface area contributed by atoms with Crippen molar-refractivity contribution in [2.75, 3.05) is 0 Å². The van der Waals surface area contributed by atoms with Gasteiger partial charge in [0.2, 0.25) is 0 Å². The third kappa shape index (κ3) is 3.28. The zero-order valence-electron chi connectivity index (χ0n) is 12.5. The SMILES string of the molecule is Cc1ccc(/C=C2/SC(=Nc3ccccc3C)NC2=O)cc1. The van der Waals surface area contributed by atoms with E-state index in [2.05, 4.69) is 10.3 Å². The fourth-order valence-corrected chi connectivity index (χ4v) is 2.93. The molecule has 4 heteroatoms. The molecule has 2 aromatic rings. The number of aryl methyl sites for hydroxylation is 2. The lowest BCUT2D eigenvalue weighted by Gasteiger charge is -1.99. The van der Waals surface area contributed by atoms with E-state index in [1.54, 1.807) is 0 Å². The Morgan fingerprint density at radius 2 is 1.77 bits per heavy atom. The largest absolute Gasteiger partial charge is 0.300 e. The number of thioether (sulfide) groups is 1. The standard InChI is InChI=1S/C18H16N2OS/c1-12-7-9-14(10-8-12)11-16-17(21)20-18(22-16)19-15-6-4-3-5-13(15)2/h3-11H,1-2H3,(H,19,20,21)/b16-11+. The maximum atomic E-state index is 12.1. The molecule has 0 radical (unpaired) electrons. The molecule has 1 aliphatic rings. The Bertz CT molecular complexity index is 776. The van der Waals surface area contributed by atoms with Crippen LogP contribution < -0.4 is 5.32 Å². The van der Waals surface area contributed by atoms with Crippen LogP contribution in [0, 0.1) is 13.8 Å². The van der Waals surface area contributed by atoms with Crippen molar-refractivity contribution in [3.8, 4) is 0 Å². The maximum Gasteiger partial charge on any atom is 0.264 e. The highest BCUT2D eigenvalue weighted by Gasteiger charge is 2.23. The first-order chi connectivity index (χ1) is 10.6. The Balaban J connectivity index is 1.84. The highest BCUT2D eigenvalue weighted by Crippen LogP contribution is 2.28. The van der Waals surface area contributed by atoms with Gasteiger partial charge >= 0.3 is 0 Å². The number of carbonyl (C=O) groups is 1. The van der Waals surface area contributed by atoms with Crippen LogP contribution >= 0.6 is 11.8 Å². The molecule has 0 saturated carbocycles. The number of rotatable bonds is 2. The number of carbonyl (C=O) groups excluding carboxylic acids is 1. The van der Waals surface area contributed by atoms with Gasteiger partial charge in [-0.25, -0.2) is 4.99 Å². The van der Waals surface area contributed by atoms with E-state index >= 15 is 0 Å². The van der Waals surface area contributed by atoms with Crippen molar-refractivity contribution in [3.05, 3.63) is 70.1 Å². The summed E-state index contributed by atoms with van der Waals surface area (Å²) in [5.41, 5.74) is 4.18. The number of hydrogen-bond donors (Lipinski definition) is 1. The normalized spacial score (nSPS) is 18.0. The molecule has 1 saturated heterocycles. The molecule has 1 fully saturated rings. The van der Waals surface area contributed by atoms with Crippen molar-refractivity contribution in [2.24, 2.45) is 4.99 Å². The van der Waals surface area contributed by atoms with E-state index < -0.39 is 0 Å². The summed E-state index contributed by atoms with van der Waals surface area (Å²) in [6.07, 6.45) is 1.89. The molecule has 22 heavy (non-hydrogen) atoms. The van der Waals surface area contributed by atoms with Gasteiger partial charge in [0.05, 0.1) is 10.6 Å². The Morgan fingerprint density at radius 3 is 2.50 bits per heavy atom. The molecule has 1 aliphatic heterocycles. The van der Waals surface area contributed by atoms with Gasteiger partial charge in [-0.05, 0) is 48.9 Å². The van der Waals surface area contributed by atoms with Gasteiger partial charge in [0.15, 0.2) is 5.17 Å². The van der Waals surface area contributed by atoms with Crippen molar-refractivity contribution < 1.29 is 4.79 Å². The van der Waals surface area contributed by atoms with Crippen LogP contribution in [0.4, 0.5) is 5.69 Å². The summed E-state index contributed by atoms with van der Waals surface area (Å²) in [5.74, 6) is -0.0992. The monoisotopic (exact) mass is 308 g/mol. The van der Waals surface area contributed by atoms with Crippen LogP contribution in [0.2, 0.25) is 0 Å². The summed E-state index contributed by atoms with van der Waals surface area (Å²) >= 11 is 1.37. The van der Waals surface area contributed by atoms with Crippen molar-refractivity contribution in [2.45, 2.75) is 13.8 Å². The van der Waals surface area contributed by atoms with E-state index in [1.807, 2.05) is 68.5 Å². The predicted molar refractivity (Wildman–Crippen MR) is 93.2 cm³/mol. The Kier molecular flexibility index (Phi) is 4.11. The summed E-state index contributed by atoms with van der Waals surface area (Å²) in [6, 6.07) is 15.9. The van der Waals surface area contributed by atoms with Crippen LogP contribution in [-0.2, 0) is 4.79 Å². The number of benzene rings is 2. The molecular formula is C18H16N2OS. The van der Waals surface area contributed by atoms with Crippen LogP contribution in [0.15, 0.2) is 58.4 Å². The maximum absolute atomic E-state index is 12.1. The predicted octanol–water partition coefficient (Wildman–Crippen LogP) is 4.20. The summed E-state index contributed by atoms with van der Waals surface area (Å²) in [5, 5.41) is 3.44. The molecule has 0 spiro atoms. The van der Waals surface area contributed by atoms with Crippen molar-refractivity contribution in [1.82, 2.24) is 5.32 Å². The van der Waals surface area contributed by atoms with Gasteiger partial charge in [0, 0.05) is 0 Å². The van der Waals surface area contributed by atoms with E-state index in [0.29, 0.717) is 10.1 Å². The van der Waals surface area contributed by atoms with Crippen molar-refractivity contribution in [1.29, 1.82) is 0 Å². The lowest BCUT2D eigenvalue weighted by atomic mass is 10.1. The highest BCUT2D eigenvalue weighted by atomic mass is 32.2. The van der Waals surface area contributed by atoms with E-state index in [9.17, 15) is 4.79 Å². The molecule has 0 unspecified atom stereocenters. The summed E-state index contributed by atoms with van der Waals surface area (Å²) < 4.78 is 0. The fraction of sp³-hybridized carbons (Fsp3) is 0.111. The number of amidine groups is 1. The lowest BCUT2D eigenvalue weighted by molar-refractivity contribution is -0.115. The van der Waals surface area contributed by atoms with Crippen LogP contribution in [0.1, 0.15) is 16.7 Å². The second-order valence-corrected chi connectivity index (χ2v) is 6.21. The lowest BCUT2D eigenvalue weighted by Crippen LogP contribution is -2.19. The number of para-hydroxylation sites is 1. The Hall–Kier alpha value is -2.33. The van der Waals surface area contributed by atoms with Gasteiger partial charge in [-0.15, -0.1) is 0 Å². The van der Waals surface area contributed by atoms with E-state index in [-0.39, 0.29) is 5.91 Å². The zero-order valence-corrected chi connectivity index (χ0v) is 13.3. The third-order valence-corrected chi connectivity index (χ3v) is 4.27. The molecule has 0 aromatic heterocycles. The minimum atomic E-state index is -0.0992. The number of nitrogens with one attached hydrogen (secondary N) is 1. The van der Waals surface area contributed by atoms with Crippen molar-refractivity contribution >= 4 is 34.6 Å². The first kappa shape index (κ1) is 14.6. The smallest absolute Gasteiger partial charge is 0.264 e. The van der Waals surface area contributed by atoms with E-state index in [4.69, 9.17) is 0 Å². The first-order valence-corrected chi connectivity index (χ1v) is 7.85. The van der Waals surface area contributed by atoms with Crippen LogP contribution in [0.3, 0.4) is 0 Å². The van der Waals surface area contributed by atoms with E-state index in [1.165, 1.54) is 17.3 Å². The van der Waals surface area contributed by atoms with Gasteiger partial charge in [0.1, 0.15) is 0 Å². The quantitative estimate of drug-likeness (QED) is 0.845. The van der Waals surface area contributed by atoms with Gasteiger partial charge < -0.3 is 5.32 Å². The fourth-order valence-electron chi connectivity index (χ4n) is 2.09. The van der Waals surface area contributed by atoms with Crippen molar-refractivity contribution in [3.63, 3.8) is 0 Å². The molecule has 1 heterocycles. The molecule has 2 aromatic carbocycles. The van der Waals surface area contributed by atoms with Gasteiger partial charge in [0.25, 0.3) is 5.91 Å².